The molecule has 0 aliphatic carbocycles. The number of benzene rings is 3. The lowest BCUT2D eigenvalue weighted by molar-refractivity contribution is -0.114. The minimum Gasteiger partial charge on any atom is -0.376 e. The molecule has 5 heteroatoms. The van der Waals surface area contributed by atoms with Gasteiger partial charge >= 0.3 is 0 Å². The second-order valence-electron chi connectivity index (χ2n) is 7.41. The molecular formula is C25H27N3O2. The number of anilines is 2. The topological polar surface area (TPSA) is 70.2 Å². The van der Waals surface area contributed by atoms with Crippen molar-refractivity contribution < 1.29 is 9.59 Å². The maximum absolute atomic E-state index is 12.6. The van der Waals surface area contributed by atoms with Crippen LogP contribution in [0.4, 0.5) is 11.4 Å². The highest BCUT2D eigenvalue weighted by molar-refractivity contribution is 5.96. The Labute approximate surface area is 177 Å². The molecule has 3 N–H and O–H groups in total. The number of hydrogen-bond donors (Lipinski definition) is 3. The summed E-state index contributed by atoms with van der Waals surface area (Å²) in [6.07, 6.45) is 0. The summed E-state index contributed by atoms with van der Waals surface area (Å²) in [5.74, 6) is -0.302. The first-order valence-corrected chi connectivity index (χ1v) is 9.99. The van der Waals surface area contributed by atoms with E-state index in [0.29, 0.717) is 11.3 Å². The van der Waals surface area contributed by atoms with Crippen LogP contribution in [0.5, 0.6) is 0 Å². The van der Waals surface area contributed by atoms with Crippen LogP contribution in [0.3, 0.4) is 0 Å². The molecule has 3 aromatic carbocycles. The molecule has 0 saturated heterocycles. The Morgan fingerprint density at radius 3 is 2.40 bits per heavy atom. The third-order valence-corrected chi connectivity index (χ3v) is 4.88. The van der Waals surface area contributed by atoms with Gasteiger partial charge in [-0.3, -0.25) is 9.59 Å². The van der Waals surface area contributed by atoms with Crippen LogP contribution in [0.2, 0.25) is 0 Å². The number of hydrogen-bond acceptors (Lipinski definition) is 3. The number of nitrogens with one attached hydrogen (secondary N) is 3. The predicted molar refractivity (Wildman–Crippen MR) is 122 cm³/mol. The van der Waals surface area contributed by atoms with Crippen LogP contribution in [-0.2, 0) is 4.79 Å². The van der Waals surface area contributed by atoms with Gasteiger partial charge < -0.3 is 16.0 Å². The summed E-state index contributed by atoms with van der Waals surface area (Å²) >= 11 is 0. The molecule has 3 rings (SSSR count). The molecule has 0 aliphatic rings. The van der Waals surface area contributed by atoms with Gasteiger partial charge in [0.25, 0.3) is 5.91 Å². The zero-order valence-electron chi connectivity index (χ0n) is 17.5. The zero-order valence-corrected chi connectivity index (χ0v) is 17.5. The van der Waals surface area contributed by atoms with E-state index in [2.05, 4.69) is 16.0 Å². The monoisotopic (exact) mass is 401 g/mol. The molecule has 2 amide bonds. The second-order valence-corrected chi connectivity index (χ2v) is 7.41. The smallest absolute Gasteiger partial charge is 0.251 e. The van der Waals surface area contributed by atoms with Crippen molar-refractivity contribution in [1.29, 1.82) is 0 Å². The third-order valence-electron chi connectivity index (χ3n) is 4.88. The molecular weight excluding hydrogens is 374 g/mol. The summed E-state index contributed by atoms with van der Waals surface area (Å²) in [6, 6.07) is 22.8. The lowest BCUT2D eigenvalue weighted by Crippen LogP contribution is -2.27. The van der Waals surface area contributed by atoms with Crippen LogP contribution in [0.25, 0.3) is 0 Å². The Bertz CT molecular complexity index is 1030. The average molecular weight is 402 g/mol. The van der Waals surface area contributed by atoms with Gasteiger partial charge in [-0.1, -0.05) is 54.1 Å². The lowest BCUT2D eigenvalue weighted by atomic mass is 10.1. The number of rotatable bonds is 7. The van der Waals surface area contributed by atoms with Gasteiger partial charge in [-0.05, 0) is 56.2 Å². The Morgan fingerprint density at radius 1 is 0.900 bits per heavy atom. The predicted octanol–water partition coefficient (Wildman–Crippen LogP) is 4.85. The Hall–Kier alpha value is -3.60. The van der Waals surface area contributed by atoms with Crippen molar-refractivity contribution in [3.63, 3.8) is 0 Å². The van der Waals surface area contributed by atoms with Gasteiger partial charge in [0.2, 0.25) is 5.91 Å². The van der Waals surface area contributed by atoms with E-state index in [9.17, 15) is 9.59 Å². The maximum Gasteiger partial charge on any atom is 0.251 e. The fraction of sp³-hybridized carbons (Fsp3) is 0.200. The molecule has 0 aliphatic heterocycles. The van der Waals surface area contributed by atoms with Gasteiger partial charge in [-0.15, -0.1) is 0 Å². The molecule has 30 heavy (non-hydrogen) atoms. The van der Waals surface area contributed by atoms with Crippen molar-refractivity contribution in [2.45, 2.75) is 26.8 Å². The van der Waals surface area contributed by atoms with E-state index in [-0.39, 0.29) is 24.4 Å². The molecule has 0 radical (unpaired) electrons. The van der Waals surface area contributed by atoms with E-state index in [4.69, 9.17) is 0 Å². The van der Waals surface area contributed by atoms with Crippen molar-refractivity contribution in [2.24, 2.45) is 0 Å². The zero-order chi connectivity index (χ0) is 21.5. The summed E-state index contributed by atoms with van der Waals surface area (Å²) in [5.41, 5.74) is 5.27. The SMILES string of the molecule is Cc1ccc(NC(=O)CNc2cccc(C(=O)NC(C)c3ccccc3)c2)c(C)c1. The van der Waals surface area contributed by atoms with Crippen LogP contribution in [0.1, 0.15) is 40.0 Å². The largest absolute Gasteiger partial charge is 0.376 e. The summed E-state index contributed by atoms with van der Waals surface area (Å²) in [4.78, 5) is 24.9. The molecule has 5 nitrogen and oxygen atoms in total. The molecule has 0 bridgehead atoms. The average Bonchev–Trinajstić information content (AvgIpc) is 2.75. The molecule has 154 valence electrons. The van der Waals surface area contributed by atoms with Gasteiger partial charge in [0, 0.05) is 16.9 Å². The first kappa shape index (κ1) is 21.1. The van der Waals surface area contributed by atoms with Crippen LogP contribution in [-0.4, -0.2) is 18.4 Å². The fourth-order valence-corrected chi connectivity index (χ4v) is 3.21. The van der Waals surface area contributed by atoms with Gasteiger partial charge in [0.05, 0.1) is 12.6 Å². The first-order valence-electron chi connectivity index (χ1n) is 9.99. The Morgan fingerprint density at radius 2 is 1.67 bits per heavy atom. The molecule has 0 spiro atoms. The number of aryl methyl sites for hydroxylation is 2. The van der Waals surface area contributed by atoms with E-state index in [1.165, 1.54) is 0 Å². The first-order chi connectivity index (χ1) is 14.4. The molecule has 1 atom stereocenters. The van der Waals surface area contributed by atoms with E-state index >= 15 is 0 Å². The van der Waals surface area contributed by atoms with Crippen molar-refractivity contribution in [3.05, 3.63) is 95.1 Å². The fourth-order valence-electron chi connectivity index (χ4n) is 3.21. The van der Waals surface area contributed by atoms with E-state index in [1.807, 2.05) is 75.4 Å². The van der Waals surface area contributed by atoms with Crippen molar-refractivity contribution in [3.8, 4) is 0 Å². The standard InChI is InChI=1S/C25H27N3O2/c1-17-12-13-23(18(2)14-17)28-24(29)16-26-22-11-7-10-21(15-22)25(30)27-19(3)20-8-5-4-6-9-20/h4-15,19,26H,16H2,1-3H3,(H,27,30)(H,28,29). The van der Waals surface area contributed by atoms with Gasteiger partial charge in [0.15, 0.2) is 0 Å². The van der Waals surface area contributed by atoms with Crippen LogP contribution in [0.15, 0.2) is 72.8 Å². The van der Waals surface area contributed by atoms with Crippen molar-refractivity contribution in [1.82, 2.24) is 5.32 Å². The summed E-state index contributed by atoms with van der Waals surface area (Å²) < 4.78 is 0. The third kappa shape index (κ3) is 5.70. The molecule has 1 unspecified atom stereocenters. The van der Waals surface area contributed by atoms with E-state index in [0.717, 1.165) is 22.4 Å². The van der Waals surface area contributed by atoms with Crippen molar-refractivity contribution in [2.75, 3.05) is 17.2 Å². The number of carbonyl (C=O) groups excluding carboxylic acids is 2. The molecule has 0 aromatic heterocycles. The molecule has 0 fully saturated rings. The second kappa shape index (κ2) is 9.74. The van der Waals surface area contributed by atoms with Gasteiger partial charge in [-0.2, -0.15) is 0 Å². The minimum absolute atomic E-state index is 0.0983. The maximum atomic E-state index is 12.6. The summed E-state index contributed by atoms with van der Waals surface area (Å²) in [5, 5.41) is 8.99. The van der Waals surface area contributed by atoms with Crippen molar-refractivity contribution >= 4 is 23.2 Å². The highest BCUT2D eigenvalue weighted by Gasteiger charge is 2.12. The highest BCUT2D eigenvalue weighted by atomic mass is 16.2. The van der Waals surface area contributed by atoms with E-state index < -0.39 is 0 Å². The normalized spacial score (nSPS) is 11.4. The lowest BCUT2D eigenvalue weighted by Gasteiger charge is -2.15. The molecule has 0 saturated carbocycles. The molecule has 0 heterocycles. The van der Waals surface area contributed by atoms with E-state index in [1.54, 1.807) is 18.2 Å². The number of carbonyl (C=O) groups is 2. The van der Waals surface area contributed by atoms with Gasteiger partial charge in [-0.25, -0.2) is 0 Å². The van der Waals surface area contributed by atoms with Crippen LogP contribution >= 0.6 is 0 Å². The quantitative estimate of drug-likeness (QED) is 0.530. The number of amides is 2. The minimum atomic E-state index is -0.158. The summed E-state index contributed by atoms with van der Waals surface area (Å²) in [6.45, 7) is 6.05. The Balaban J connectivity index is 1.57. The van der Waals surface area contributed by atoms with Crippen LogP contribution in [0, 0.1) is 13.8 Å². The van der Waals surface area contributed by atoms with Gasteiger partial charge in [0.1, 0.15) is 0 Å². The Kier molecular flexibility index (Phi) is 6.86. The summed E-state index contributed by atoms with van der Waals surface area (Å²) in [7, 11) is 0. The highest BCUT2D eigenvalue weighted by Crippen LogP contribution is 2.17. The van der Waals surface area contributed by atoms with Crippen LogP contribution < -0.4 is 16.0 Å². The molecule has 3 aromatic rings.